The number of halogens is 1. The summed E-state index contributed by atoms with van der Waals surface area (Å²) < 4.78 is 11.2. The smallest absolute Gasteiger partial charge is 0.255 e. The van der Waals surface area contributed by atoms with Crippen molar-refractivity contribution in [1.82, 2.24) is 0 Å². The van der Waals surface area contributed by atoms with Crippen molar-refractivity contribution in [2.45, 2.75) is 13.3 Å². The minimum absolute atomic E-state index is 0.0661. The minimum Gasteiger partial charge on any atom is -0.489 e. The highest BCUT2D eigenvalue weighted by molar-refractivity contribution is 6.32. The lowest BCUT2D eigenvalue weighted by Crippen LogP contribution is -2.22. The Balaban J connectivity index is 1.77. The second-order valence-corrected chi connectivity index (χ2v) is 6.32. The van der Waals surface area contributed by atoms with Crippen LogP contribution in [0.15, 0.2) is 36.4 Å². The van der Waals surface area contributed by atoms with Gasteiger partial charge in [-0.1, -0.05) is 11.6 Å². The maximum atomic E-state index is 12.5. The molecular formula is C19H19ClN2O4. The first-order chi connectivity index (χ1) is 12.5. The highest BCUT2D eigenvalue weighted by Gasteiger charge is 2.18. The average molecular weight is 375 g/mol. The number of hydrogen-bond acceptors (Lipinski definition) is 4. The molecule has 26 heavy (non-hydrogen) atoms. The van der Waals surface area contributed by atoms with E-state index in [0.29, 0.717) is 41.0 Å². The van der Waals surface area contributed by atoms with E-state index < -0.39 is 0 Å². The Labute approximate surface area is 156 Å². The summed E-state index contributed by atoms with van der Waals surface area (Å²) in [5, 5.41) is 3.15. The lowest BCUT2D eigenvalue weighted by Gasteiger charge is -2.15. The van der Waals surface area contributed by atoms with E-state index in [1.165, 1.54) is 11.8 Å². The molecule has 1 aliphatic rings. The van der Waals surface area contributed by atoms with Crippen molar-refractivity contribution >= 4 is 34.8 Å². The van der Waals surface area contributed by atoms with Gasteiger partial charge in [0.2, 0.25) is 5.91 Å². The molecular weight excluding hydrogens is 356 g/mol. The number of nitrogens with one attached hydrogen (secondary N) is 1. The number of carbonyl (C=O) groups is 2. The number of nitrogens with zero attached hydrogens (tertiary/aromatic N) is 1. The number of hydrogen-bond donors (Lipinski definition) is 1. The molecule has 0 bridgehead atoms. The quantitative estimate of drug-likeness (QED) is 0.888. The van der Waals surface area contributed by atoms with Crippen molar-refractivity contribution < 1.29 is 19.1 Å². The number of ether oxygens (including phenoxy) is 2. The van der Waals surface area contributed by atoms with Crippen LogP contribution in [0, 0.1) is 0 Å². The fourth-order valence-corrected chi connectivity index (χ4v) is 2.78. The van der Waals surface area contributed by atoms with Gasteiger partial charge in [0.15, 0.2) is 11.5 Å². The first-order valence-corrected chi connectivity index (χ1v) is 8.58. The molecule has 0 saturated carbocycles. The van der Waals surface area contributed by atoms with Crippen LogP contribution in [0.1, 0.15) is 23.7 Å². The van der Waals surface area contributed by atoms with Gasteiger partial charge in [-0.15, -0.1) is 0 Å². The van der Waals surface area contributed by atoms with Gasteiger partial charge in [0.05, 0.1) is 18.2 Å². The Kier molecular flexibility index (Phi) is 5.32. The molecule has 0 aromatic heterocycles. The number of benzene rings is 2. The Morgan fingerprint density at radius 3 is 2.50 bits per heavy atom. The second-order valence-electron chi connectivity index (χ2n) is 5.91. The van der Waals surface area contributed by atoms with E-state index in [1.807, 2.05) is 0 Å². The maximum Gasteiger partial charge on any atom is 0.255 e. The van der Waals surface area contributed by atoms with Gasteiger partial charge in [0, 0.05) is 37.3 Å². The van der Waals surface area contributed by atoms with Gasteiger partial charge in [-0.05, 0) is 36.4 Å². The monoisotopic (exact) mass is 374 g/mol. The molecule has 1 aliphatic heterocycles. The molecule has 0 fully saturated rings. The summed E-state index contributed by atoms with van der Waals surface area (Å²) in [7, 11) is 1.69. The van der Waals surface area contributed by atoms with Crippen molar-refractivity contribution in [3.63, 3.8) is 0 Å². The van der Waals surface area contributed by atoms with Gasteiger partial charge in [0.1, 0.15) is 0 Å². The summed E-state index contributed by atoms with van der Waals surface area (Å²) in [6.45, 7) is 2.53. The fourth-order valence-electron chi connectivity index (χ4n) is 2.52. The van der Waals surface area contributed by atoms with E-state index in [1.54, 1.807) is 43.4 Å². The predicted molar refractivity (Wildman–Crippen MR) is 101 cm³/mol. The molecule has 0 spiro atoms. The number of carbonyl (C=O) groups excluding carboxylic acids is 2. The van der Waals surface area contributed by atoms with Crippen LogP contribution in [-0.2, 0) is 4.79 Å². The Morgan fingerprint density at radius 2 is 1.81 bits per heavy atom. The molecule has 2 aromatic carbocycles. The molecule has 0 unspecified atom stereocenters. The zero-order valence-corrected chi connectivity index (χ0v) is 15.3. The third-order valence-electron chi connectivity index (χ3n) is 4.05. The van der Waals surface area contributed by atoms with Crippen LogP contribution in [0.5, 0.6) is 11.5 Å². The molecule has 3 rings (SSSR count). The standard InChI is InChI=1S/C19H19ClN2O4/c1-12(23)22(2)15-6-4-14(5-7-15)21-19(24)13-10-16(20)18-17(11-13)25-8-3-9-26-18/h4-7,10-11H,3,8-9H2,1-2H3,(H,21,24). The number of amides is 2. The van der Waals surface area contributed by atoms with Crippen molar-refractivity contribution in [3.8, 4) is 11.5 Å². The molecule has 136 valence electrons. The molecule has 2 aromatic rings. The van der Waals surface area contributed by atoms with Crippen molar-refractivity contribution in [2.24, 2.45) is 0 Å². The summed E-state index contributed by atoms with van der Waals surface area (Å²) in [5.41, 5.74) is 1.73. The highest BCUT2D eigenvalue weighted by atomic mass is 35.5. The molecule has 0 saturated heterocycles. The van der Waals surface area contributed by atoms with E-state index in [0.717, 1.165) is 12.1 Å². The molecule has 2 amide bonds. The first kappa shape index (κ1) is 18.1. The van der Waals surface area contributed by atoms with Crippen LogP contribution in [-0.4, -0.2) is 32.1 Å². The lowest BCUT2D eigenvalue weighted by atomic mass is 10.1. The summed E-state index contributed by atoms with van der Waals surface area (Å²) in [6, 6.07) is 10.2. The molecule has 1 heterocycles. The molecule has 7 heteroatoms. The molecule has 0 aliphatic carbocycles. The van der Waals surface area contributed by atoms with Crippen LogP contribution in [0.3, 0.4) is 0 Å². The number of anilines is 2. The Bertz CT molecular complexity index is 836. The van der Waals surface area contributed by atoms with E-state index in [2.05, 4.69) is 5.32 Å². The SMILES string of the molecule is CC(=O)N(C)c1ccc(NC(=O)c2cc(Cl)c3c(c2)OCCCO3)cc1. The topological polar surface area (TPSA) is 67.9 Å². The fraction of sp³-hybridized carbons (Fsp3) is 0.263. The average Bonchev–Trinajstić information content (AvgIpc) is 2.87. The highest BCUT2D eigenvalue weighted by Crippen LogP contribution is 2.38. The van der Waals surface area contributed by atoms with Crippen molar-refractivity contribution in [1.29, 1.82) is 0 Å². The summed E-state index contributed by atoms with van der Waals surface area (Å²) in [6.07, 6.45) is 0.758. The molecule has 0 atom stereocenters. The third kappa shape index (κ3) is 3.91. The van der Waals surface area contributed by atoms with Gasteiger partial charge in [0.25, 0.3) is 5.91 Å². The second kappa shape index (κ2) is 7.66. The lowest BCUT2D eigenvalue weighted by molar-refractivity contribution is -0.116. The third-order valence-corrected chi connectivity index (χ3v) is 4.33. The zero-order chi connectivity index (χ0) is 18.7. The van der Waals surface area contributed by atoms with Crippen LogP contribution in [0.4, 0.5) is 11.4 Å². The number of fused-ring (bicyclic) bond motifs is 1. The molecule has 1 N–H and O–H groups in total. The van der Waals surface area contributed by atoms with Gasteiger partial charge in [-0.3, -0.25) is 9.59 Å². The first-order valence-electron chi connectivity index (χ1n) is 8.20. The van der Waals surface area contributed by atoms with Gasteiger partial charge >= 0.3 is 0 Å². The van der Waals surface area contributed by atoms with E-state index in [4.69, 9.17) is 21.1 Å². The Hall–Kier alpha value is -2.73. The van der Waals surface area contributed by atoms with E-state index in [9.17, 15) is 9.59 Å². The normalized spacial score (nSPS) is 12.9. The summed E-state index contributed by atoms with van der Waals surface area (Å²) in [5.74, 6) is 0.565. The molecule has 0 radical (unpaired) electrons. The predicted octanol–water partition coefficient (Wildman–Crippen LogP) is 3.74. The zero-order valence-electron chi connectivity index (χ0n) is 14.5. The van der Waals surface area contributed by atoms with Gasteiger partial charge < -0.3 is 19.7 Å². The van der Waals surface area contributed by atoms with E-state index in [-0.39, 0.29) is 11.8 Å². The van der Waals surface area contributed by atoms with Crippen molar-refractivity contribution in [3.05, 3.63) is 47.0 Å². The van der Waals surface area contributed by atoms with Crippen molar-refractivity contribution in [2.75, 3.05) is 30.5 Å². The number of rotatable bonds is 3. The Morgan fingerprint density at radius 1 is 1.12 bits per heavy atom. The molecule has 6 nitrogen and oxygen atoms in total. The van der Waals surface area contributed by atoms with E-state index >= 15 is 0 Å². The van der Waals surface area contributed by atoms with Gasteiger partial charge in [-0.2, -0.15) is 0 Å². The maximum absolute atomic E-state index is 12.5. The van der Waals surface area contributed by atoms with Crippen LogP contribution in [0.25, 0.3) is 0 Å². The largest absolute Gasteiger partial charge is 0.489 e. The van der Waals surface area contributed by atoms with Crippen LogP contribution >= 0.6 is 11.6 Å². The van der Waals surface area contributed by atoms with Gasteiger partial charge in [-0.25, -0.2) is 0 Å². The summed E-state index contributed by atoms with van der Waals surface area (Å²) >= 11 is 6.23. The van der Waals surface area contributed by atoms with Crippen LogP contribution < -0.4 is 19.7 Å². The summed E-state index contributed by atoms with van der Waals surface area (Å²) in [4.78, 5) is 25.4. The minimum atomic E-state index is -0.310. The van der Waals surface area contributed by atoms with Crippen LogP contribution in [0.2, 0.25) is 5.02 Å².